The van der Waals surface area contributed by atoms with Crippen molar-refractivity contribution >= 4 is 23.3 Å². The third kappa shape index (κ3) is 5.51. The molecule has 1 N–H and O–H groups in total. The Bertz CT molecular complexity index is 858. The first-order chi connectivity index (χ1) is 14.1. The minimum Gasteiger partial charge on any atom is -0.466 e. The Balaban J connectivity index is 1.58. The molecule has 0 radical (unpaired) electrons. The summed E-state index contributed by atoms with van der Waals surface area (Å²) in [5.74, 6) is -0.534. The Morgan fingerprint density at radius 2 is 1.66 bits per heavy atom. The molecule has 1 heterocycles. The van der Waals surface area contributed by atoms with Gasteiger partial charge in [-0.2, -0.15) is 0 Å². The van der Waals surface area contributed by atoms with Crippen molar-refractivity contribution in [3.63, 3.8) is 0 Å². The lowest BCUT2D eigenvalue weighted by Gasteiger charge is -2.30. The predicted octanol–water partition coefficient (Wildman–Crippen LogP) is 3.13. The topological polar surface area (TPSA) is 75.7 Å². The van der Waals surface area contributed by atoms with Crippen molar-refractivity contribution in [2.75, 3.05) is 31.6 Å². The number of piperidine rings is 1. The summed E-state index contributed by atoms with van der Waals surface area (Å²) in [5.41, 5.74) is 1.55. The zero-order chi connectivity index (χ0) is 20.6. The first kappa shape index (κ1) is 20.7. The van der Waals surface area contributed by atoms with Crippen LogP contribution in [0.2, 0.25) is 0 Å². The Morgan fingerprint density at radius 1 is 1.00 bits per heavy atom. The van der Waals surface area contributed by atoms with Gasteiger partial charge in [0, 0.05) is 11.1 Å². The summed E-state index contributed by atoms with van der Waals surface area (Å²) in [5, 5.41) is 2.87. The minimum atomic E-state index is -0.173. The van der Waals surface area contributed by atoms with E-state index in [-0.39, 0.29) is 30.1 Å². The van der Waals surface area contributed by atoms with Crippen molar-refractivity contribution in [3.05, 3.63) is 65.7 Å². The zero-order valence-electron chi connectivity index (χ0n) is 16.6. The minimum absolute atomic E-state index is 0.0847. The molecule has 29 heavy (non-hydrogen) atoms. The number of anilines is 1. The largest absolute Gasteiger partial charge is 0.466 e. The highest BCUT2D eigenvalue weighted by Gasteiger charge is 2.27. The van der Waals surface area contributed by atoms with Crippen LogP contribution in [0.25, 0.3) is 0 Å². The SMILES string of the molecule is CCOC(=O)C1CCN(CC(=O)Nc2ccccc2C(=O)c2ccccc2)CC1. The summed E-state index contributed by atoms with van der Waals surface area (Å²) in [7, 11) is 0. The van der Waals surface area contributed by atoms with Crippen LogP contribution in [0.15, 0.2) is 54.6 Å². The van der Waals surface area contributed by atoms with Crippen LogP contribution in [0.3, 0.4) is 0 Å². The van der Waals surface area contributed by atoms with Gasteiger partial charge in [-0.15, -0.1) is 0 Å². The van der Waals surface area contributed by atoms with Crippen molar-refractivity contribution in [2.24, 2.45) is 5.92 Å². The molecule has 6 heteroatoms. The van der Waals surface area contributed by atoms with Gasteiger partial charge >= 0.3 is 5.97 Å². The van der Waals surface area contributed by atoms with Crippen molar-refractivity contribution in [1.82, 2.24) is 4.90 Å². The van der Waals surface area contributed by atoms with E-state index < -0.39 is 0 Å². The average Bonchev–Trinajstić information content (AvgIpc) is 2.75. The van der Waals surface area contributed by atoms with E-state index in [1.54, 1.807) is 43.3 Å². The summed E-state index contributed by atoms with van der Waals surface area (Å²) in [6, 6.07) is 16.0. The molecule has 0 aliphatic carbocycles. The van der Waals surface area contributed by atoms with Gasteiger partial charge in [0.1, 0.15) is 0 Å². The highest BCUT2D eigenvalue weighted by Crippen LogP contribution is 2.21. The smallest absolute Gasteiger partial charge is 0.309 e. The van der Waals surface area contributed by atoms with E-state index in [4.69, 9.17) is 4.74 Å². The van der Waals surface area contributed by atoms with Crippen LogP contribution < -0.4 is 5.32 Å². The molecule has 1 aliphatic rings. The lowest BCUT2D eigenvalue weighted by molar-refractivity contribution is -0.149. The first-order valence-electron chi connectivity index (χ1n) is 9.96. The highest BCUT2D eigenvalue weighted by atomic mass is 16.5. The van der Waals surface area contributed by atoms with Crippen LogP contribution >= 0.6 is 0 Å². The molecule has 1 aliphatic heterocycles. The molecule has 0 bridgehead atoms. The average molecular weight is 394 g/mol. The van der Waals surface area contributed by atoms with E-state index in [1.165, 1.54) is 0 Å². The third-order valence-electron chi connectivity index (χ3n) is 5.06. The molecule has 152 valence electrons. The Kier molecular flexibility index (Phi) is 7.14. The fourth-order valence-electron chi connectivity index (χ4n) is 3.51. The van der Waals surface area contributed by atoms with Gasteiger partial charge < -0.3 is 10.1 Å². The van der Waals surface area contributed by atoms with Gasteiger partial charge in [-0.1, -0.05) is 42.5 Å². The number of nitrogens with one attached hydrogen (secondary N) is 1. The molecule has 0 atom stereocenters. The summed E-state index contributed by atoms with van der Waals surface area (Å²) >= 11 is 0. The number of hydrogen-bond donors (Lipinski definition) is 1. The maximum Gasteiger partial charge on any atom is 0.309 e. The molecule has 0 spiro atoms. The van der Waals surface area contributed by atoms with Crippen LogP contribution in [0.4, 0.5) is 5.69 Å². The second-order valence-electron chi connectivity index (χ2n) is 7.09. The maximum atomic E-state index is 12.8. The summed E-state index contributed by atoms with van der Waals surface area (Å²) in [6.45, 7) is 3.76. The van der Waals surface area contributed by atoms with Crippen LogP contribution in [-0.4, -0.2) is 48.8 Å². The molecule has 0 saturated carbocycles. The van der Waals surface area contributed by atoms with E-state index >= 15 is 0 Å². The zero-order valence-corrected chi connectivity index (χ0v) is 16.6. The molecule has 1 fully saturated rings. The monoisotopic (exact) mass is 394 g/mol. The standard InChI is InChI=1S/C23H26N2O4/c1-2-29-23(28)18-12-14-25(15-13-18)16-21(26)24-20-11-7-6-10-19(20)22(27)17-8-4-3-5-9-17/h3-11,18H,2,12-16H2,1H3,(H,24,26). The van der Waals surface area contributed by atoms with Gasteiger partial charge in [-0.25, -0.2) is 0 Å². The van der Waals surface area contributed by atoms with E-state index in [9.17, 15) is 14.4 Å². The second-order valence-corrected chi connectivity index (χ2v) is 7.09. The van der Waals surface area contributed by atoms with Crippen molar-refractivity contribution < 1.29 is 19.1 Å². The van der Waals surface area contributed by atoms with Gasteiger partial charge in [0.05, 0.1) is 24.8 Å². The Morgan fingerprint density at radius 3 is 2.34 bits per heavy atom. The second kappa shape index (κ2) is 9.98. The molecule has 0 unspecified atom stereocenters. The van der Waals surface area contributed by atoms with E-state index in [0.29, 0.717) is 49.4 Å². The summed E-state index contributed by atoms with van der Waals surface area (Å²) in [6.07, 6.45) is 1.38. The van der Waals surface area contributed by atoms with Crippen LogP contribution in [-0.2, 0) is 14.3 Å². The number of esters is 1. The number of benzene rings is 2. The lowest BCUT2D eigenvalue weighted by atomic mass is 9.97. The normalized spacial score (nSPS) is 14.9. The molecule has 1 saturated heterocycles. The number of nitrogens with zero attached hydrogens (tertiary/aromatic N) is 1. The van der Waals surface area contributed by atoms with Gasteiger partial charge in [-0.3, -0.25) is 19.3 Å². The van der Waals surface area contributed by atoms with Crippen molar-refractivity contribution in [2.45, 2.75) is 19.8 Å². The summed E-state index contributed by atoms with van der Waals surface area (Å²) < 4.78 is 5.08. The highest BCUT2D eigenvalue weighted by molar-refractivity contribution is 6.13. The number of hydrogen-bond acceptors (Lipinski definition) is 5. The number of carbonyl (C=O) groups excluding carboxylic acids is 3. The van der Waals surface area contributed by atoms with Gasteiger partial charge in [0.2, 0.25) is 5.91 Å². The van der Waals surface area contributed by atoms with Crippen LogP contribution in [0.5, 0.6) is 0 Å². The number of rotatable bonds is 7. The van der Waals surface area contributed by atoms with E-state index in [1.807, 2.05) is 23.1 Å². The number of likely N-dealkylation sites (tertiary alicyclic amines) is 1. The number of carbonyl (C=O) groups is 3. The Labute approximate surface area is 170 Å². The van der Waals surface area contributed by atoms with Gasteiger partial charge in [-0.05, 0) is 45.0 Å². The molecular weight excluding hydrogens is 368 g/mol. The summed E-state index contributed by atoms with van der Waals surface area (Å²) in [4.78, 5) is 39.2. The molecule has 0 aromatic heterocycles. The van der Waals surface area contributed by atoms with Gasteiger partial charge in [0.25, 0.3) is 0 Å². The van der Waals surface area contributed by atoms with Crippen LogP contribution in [0, 0.1) is 5.92 Å². The molecule has 1 amide bonds. The predicted molar refractivity (Wildman–Crippen MR) is 111 cm³/mol. The number of amides is 1. The fraction of sp³-hybridized carbons (Fsp3) is 0.348. The molecule has 2 aromatic rings. The van der Waals surface area contributed by atoms with Crippen molar-refractivity contribution in [1.29, 1.82) is 0 Å². The lowest BCUT2D eigenvalue weighted by Crippen LogP contribution is -2.41. The van der Waals surface area contributed by atoms with Crippen LogP contribution in [0.1, 0.15) is 35.7 Å². The quantitative estimate of drug-likeness (QED) is 0.577. The third-order valence-corrected chi connectivity index (χ3v) is 5.06. The Hall–Kier alpha value is -2.99. The first-order valence-corrected chi connectivity index (χ1v) is 9.96. The number of ether oxygens (including phenoxy) is 1. The van der Waals surface area contributed by atoms with Crippen molar-refractivity contribution in [3.8, 4) is 0 Å². The molecule has 3 rings (SSSR count). The molecule has 2 aromatic carbocycles. The van der Waals surface area contributed by atoms with Gasteiger partial charge in [0.15, 0.2) is 5.78 Å². The van der Waals surface area contributed by atoms with E-state index in [2.05, 4.69) is 5.32 Å². The maximum absolute atomic E-state index is 12.8. The molecule has 6 nitrogen and oxygen atoms in total. The number of para-hydroxylation sites is 1. The molecular formula is C23H26N2O4. The number of ketones is 1. The fourth-order valence-corrected chi connectivity index (χ4v) is 3.51. The van der Waals surface area contributed by atoms with E-state index in [0.717, 1.165) is 0 Å².